The van der Waals surface area contributed by atoms with Gasteiger partial charge in [0.1, 0.15) is 0 Å². The van der Waals surface area contributed by atoms with Crippen molar-refractivity contribution in [2.75, 3.05) is 33.4 Å². The van der Waals surface area contributed by atoms with E-state index in [1.807, 2.05) is 6.92 Å². The maximum atomic E-state index is 12.3. The van der Waals surface area contributed by atoms with Crippen LogP contribution < -0.4 is 9.47 Å². The van der Waals surface area contributed by atoms with Crippen molar-refractivity contribution in [1.82, 2.24) is 4.90 Å². The summed E-state index contributed by atoms with van der Waals surface area (Å²) in [4.78, 5) is 26.4. The van der Waals surface area contributed by atoms with Crippen LogP contribution >= 0.6 is 11.6 Å². The molecule has 0 unspecified atom stereocenters. The summed E-state index contributed by atoms with van der Waals surface area (Å²) < 4.78 is 15.8. The van der Waals surface area contributed by atoms with E-state index in [1.165, 1.54) is 19.2 Å². The van der Waals surface area contributed by atoms with Gasteiger partial charge in [-0.15, -0.1) is 0 Å². The fourth-order valence-corrected chi connectivity index (χ4v) is 3.56. The predicted octanol–water partition coefficient (Wildman–Crippen LogP) is 3.41. The topological polar surface area (TPSA) is 65.1 Å². The van der Waals surface area contributed by atoms with Gasteiger partial charge in [0.2, 0.25) is 0 Å². The van der Waals surface area contributed by atoms with Gasteiger partial charge in [-0.05, 0) is 37.3 Å². The Balaban J connectivity index is 2.01. The number of piperidine rings is 1. The number of carbonyl (C=O) groups is 2. The van der Waals surface area contributed by atoms with Crippen molar-refractivity contribution in [3.63, 3.8) is 0 Å². The molecule has 7 heteroatoms. The van der Waals surface area contributed by atoms with Gasteiger partial charge in [-0.1, -0.05) is 25.4 Å². The first-order valence-electron chi connectivity index (χ1n) is 8.80. The summed E-state index contributed by atoms with van der Waals surface area (Å²) >= 11 is 6.16. The zero-order valence-corrected chi connectivity index (χ0v) is 16.5. The molecule has 144 valence electrons. The first-order chi connectivity index (χ1) is 12.3. The van der Waals surface area contributed by atoms with Crippen molar-refractivity contribution < 1.29 is 23.8 Å². The number of methoxy groups -OCH3 is 1. The fourth-order valence-electron chi connectivity index (χ4n) is 3.29. The molecule has 6 nitrogen and oxygen atoms in total. The average molecular weight is 384 g/mol. The van der Waals surface area contributed by atoms with E-state index in [0.717, 1.165) is 6.42 Å². The van der Waals surface area contributed by atoms with Gasteiger partial charge >= 0.3 is 5.97 Å². The van der Waals surface area contributed by atoms with Crippen LogP contribution in [0.25, 0.3) is 0 Å². The van der Waals surface area contributed by atoms with E-state index >= 15 is 0 Å². The molecule has 0 aliphatic carbocycles. The Morgan fingerprint density at radius 2 is 1.88 bits per heavy atom. The van der Waals surface area contributed by atoms with Gasteiger partial charge in [-0.2, -0.15) is 0 Å². The minimum atomic E-state index is -0.625. The van der Waals surface area contributed by atoms with Gasteiger partial charge in [0, 0.05) is 13.1 Å². The zero-order valence-electron chi connectivity index (χ0n) is 15.7. The SMILES string of the molecule is CCOc1c(Cl)cc(C(=O)OCC(=O)N2C[C@H](C)C[C@@H](C)C2)cc1OC. The molecule has 0 saturated carbocycles. The molecule has 1 saturated heterocycles. The highest BCUT2D eigenvalue weighted by molar-refractivity contribution is 6.32. The summed E-state index contributed by atoms with van der Waals surface area (Å²) in [6.07, 6.45) is 1.11. The number of benzene rings is 1. The number of nitrogens with zero attached hydrogens (tertiary/aromatic N) is 1. The van der Waals surface area contributed by atoms with Gasteiger partial charge in [0.25, 0.3) is 5.91 Å². The molecule has 0 spiro atoms. The molecule has 1 heterocycles. The predicted molar refractivity (Wildman–Crippen MR) is 99.0 cm³/mol. The largest absolute Gasteiger partial charge is 0.493 e. The lowest BCUT2D eigenvalue weighted by Gasteiger charge is -2.34. The molecule has 26 heavy (non-hydrogen) atoms. The number of esters is 1. The smallest absolute Gasteiger partial charge is 0.338 e. The van der Waals surface area contributed by atoms with Crippen molar-refractivity contribution >= 4 is 23.5 Å². The van der Waals surface area contributed by atoms with Crippen LogP contribution in [0.15, 0.2) is 12.1 Å². The van der Waals surface area contributed by atoms with Crippen molar-refractivity contribution in [2.24, 2.45) is 11.8 Å². The summed E-state index contributed by atoms with van der Waals surface area (Å²) in [7, 11) is 1.46. The number of carbonyl (C=O) groups excluding carboxylic acids is 2. The van der Waals surface area contributed by atoms with Gasteiger partial charge in [-0.3, -0.25) is 4.79 Å². The monoisotopic (exact) mass is 383 g/mol. The Bertz CT molecular complexity index is 654. The van der Waals surface area contributed by atoms with Gasteiger partial charge in [0.05, 0.1) is 24.3 Å². The highest BCUT2D eigenvalue weighted by Gasteiger charge is 2.26. The summed E-state index contributed by atoms with van der Waals surface area (Å²) in [6, 6.07) is 2.95. The van der Waals surface area contributed by atoms with Crippen LogP contribution in [0, 0.1) is 11.8 Å². The number of hydrogen-bond acceptors (Lipinski definition) is 5. The van der Waals surface area contributed by atoms with Crippen LogP contribution in [0.1, 0.15) is 37.6 Å². The van der Waals surface area contributed by atoms with Gasteiger partial charge in [-0.25, -0.2) is 4.79 Å². The van der Waals surface area contributed by atoms with E-state index < -0.39 is 5.97 Å². The molecule has 1 aromatic rings. The van der Waals surface area contributed by atoms with E-state index in [0.29, 0.717) is 43.0 Å². The lowest BCUT2D eigenvalue weighted by Crippen LogP contribution is -2.44. The molecular formula is C19H26ClNO5. The number of halogens is 1. The van der Waals surface area contributed by atoms with Crippen molar-refractivity contribution in [3.05, 3.63) is 22.7 Å². The number of rotatable bonds is 6. The molecule has 0 aromatic heterocycles. The molecule has 1 amide bonds. The van der Waals surface area contributed by atoms with Gasteiger partial charge in [0.15, 0.2) is 18.1 Å². The van der Waals surface area contributed by atoms with Crippen molar-refractivity contribution in [2.45, 2.75) is 27.2 Å². The third kappa shape index (κ3) is 5.04. The first kappa shape index (κ1) is 20.4. The third-order valence-electron chi connectivity index (χ3n) is 4.30. The third-order valence-corrected chi connectivity index (χ3v) is 4.58. The second-order valence-corrected chi connectivity index (χ2v) is 7.15. The molecular weight excluding hydrogens is 358 g/mol. The molecule has 0 bridgehead atoms. The van der Waals surface area contributed by atoms with Crippen molar-refractivity contribution in [3.8, 4) is 11.5 Å². The van der Waals surface area contributed by atoms with Crippen LogP contribution in [0.5, 0.6) is 11.5 Å². The fraction of sp³-hybridized carbons (Fsp3) is 0.579. The zero-order chi connectivity index (χ0) is 19.3. The van der Waals surface area contributed by atoms with E-state index in [4.69, 9.17) is 25.8 Å². The highest BCUT2D eigenvalue weighted by Crippen LogP contribution is 2.36. The number of ether oxygens (including phenoxy) is 3. The number of amides is 1. The molecule has 1 aliphatic heterocycles. The Labute approximate surface area is 159 Å². The molecule has 2 atom stereocenters. The Hall–Kier alpha value is -1.95. The average Bonchev–Trinajstić information content (AvgIpc) is 2.60. The van der Waals surface area contributed by atoms with Crippen LogP contribution in [0.2, 0.25) is 5.02 Å². The second-order valence-electron chi connectivity index (χ2n) is 6.74. The van der Waals surface area contributed by atoms with E-state index in [1.54, 1.807) is 4.90 Å². The van der Waals surface area contributed by atoms with Crippen LogP contribution in [0.4, 0.5) is 0 Å². The summed E-state index contributed by atoms with van der Waals surface area (Å²) in [6.45, 7) is 7.59. The minimum Gasteiger partial charge on any atom is -0.493 e. The summed E-state index contributed by atoms with van der Waals surface area (Å²) in [5.74, 6) is 0.817. The molecule has 1 aliphatic rings. The summed E-state index contributed by atoms with van der Waals surface area (Å²) in [5, 5.41) is 0.253. The Morgan fingerprint density at radius 3 is 2.46 bits per heavy atom. The number of hydrogen-bond donors (Lipinski definition) is 0. The normalized spacial score (nSPS) is 19.8. The van der Waals surface area contributed by atoms with E-state index in [9.17, 15) is 9.59 Å². The Morgan fingerprint density at radius 1 is 1.23 bits per heavy atom. The lowest BCUT2D eigenvalue weighted by atomic mass is 9.92. The Kier molecular flexibility index (Phi) is 7.14. The lowest BCUT2D eigenvalue weighted by molar-refractivity contribution is -0.137. The van der Waals surface area contributed by atoms with E-state index in [-0.39, 0.29) is 23.1 Å². The van der Waals surface area contributed by atoms with Gasteiger partial charge < -0.3 is 19.1 Å². The van der Waals surface area contributed by atoms with E-state index in [2.05, 4.69) is 13.8 Å². The molecule has 2 rings (SSSR count). The standard InChI is InChI=1S/C19H26ClNO5/c1-5-25-18-15(20)7-14(8-16(18)24-4)19(23)26-11-17(22)21-9-12(2)6-13(3)10-21/h7-8,12-13H,5-6,9-11H2,1-4H3/t12-,13-/m1/s1. The minimum absolute atomic E-state index is 0.180. The highest BCUT2D eigenvalue weighted by atomic mass is 35.5. The quantitative estimate of drug-likeness (QED) is 0.704. The second kappa shape index (κ2) is 9.12. The van der Waals surface area contributed by atoms with Crippen molar-refractivity contribution in [1.29, 1.82) is 0 Å². The van der Waals surface area contributed by atoms with Crippen LogP contribution in [-0.2, 0) is 9.53 Å². The summed E-state index contributed by atoms with van der Waals surface area (Å²) in [5.41, 5.74) is 0.212. The van der Waals surface area contributed by atoms with Crippen LogP contribution in [-0.4, -0.2) is 50.2 Å². The maximum Gasteiger partial charge on any atom is 0.338 e. The molecule has 0 N–H and O–H groups in total. The maximum absolute atomic E-state index is 12.3. The molecule has 0 radical (unpaired) electrons. The number of likely N-dealkylation sites (tertiary alicyclic amines) is 1. The molecule has 1 fully saturated rings. The molecule has 1 aromatic carbocycles. The van der Waals surface area contributed by atoms with Crippen LogP contribution in [0.3, 0.4) is 0 Å². The first-order valence-corrected chi connectivity index (χ1v) is 9.18.